The van der Waals surface area contributed by atoms with Crippen molar-refractivity contribution in [3.8, 4) is 11.4 Å². The van der Waals surface area contributed by atoms with E-state index in [-0.39, 0.29) is 11.8 Å². The van der Waals surface area contributed by atoms with Gasteiger partial charge in [-0.25, -0.2) is 0 Å². The molecule has 1 saturated heterocycles. The van der Waals surface area contributed by atoms with E-state index < -0.39 is 6.04 Å². The van der Waals surface area contributed by atoms with Crippen molar-refractivity contribution in [2.45, 2.75) is 58.0 Å². The first-order valence-electron chi connectivity index (χ1n) is 11.8. The molecule has 1 atom stereocenters. The Kier molecular flexibility index (Phi) is 5.94. The van der Waals surface area contributed by atoms with E-state index in [2.05, 4.69) is 20.1 Å². The second-order valence-electron chi connectivity index (χ2n) is 8.94. The fraction of sp³-hybridized carbons (Fsp3) is 0.385. The van der Waals surface area contributed by atoms with Gasteiger partial charge in [-0.1, -0.05) is 36.8 Å². The van der Waals surface area contributed by atoms with Gasteiger partial charge in [0.15, 0.2) is 5.82 Å². The highest BCUT2D eigenvalue weighted by atomic mass is 16.2. The van der Waals surface area contributed by atoms with Gasteiger partial charge in [0.1, 0.15) is 11.9 Å². The maximum atomic E-state index is 13.3. The Bertz CT molecular complexity index is 1170. The maximum absolute atomic E-state index is 13.3. The summed E-state index contributed by atoms with van der Waals surface area (Å²) in [4.78, 5) is 27.9. The smallest absolute Gasteiger partial charge is 0.254 e. The molecular weight excluding hydrogens is 414 g/mol. The number of hydrogen-bond donors (Lipinski definition) is 1. The zero-order chi connectivity index (χ0) is 22.8. The van der Waals surface area contributed by atoms with Crippen LogP contribution in [0.3, 0.4) is 0 Å². The molecule has 1 fully saturated rings. The van der Waals surface area contributed by atoms with Crippen molar-refractivity contribution in [3.05, 3.63) is 65.5 Å². The van der Waals surface area contributed by atoms with Crippen LogP contribution in [0.15, 0.2) is 48.5 Å². The van der Waals surface area contributed by atoms with Crippen molar-refractivity contribution in [2.75, 3.05) is 11.9 Å². The first-order valence-corrected chi connectivity index (χ1v) is 11.8. The maximum Gasteiger partial charge on any atom is 0.254 e. The third-order valence-electron chi connectivity index (χ3n) is 6.70. The van der Waals surface area contributed by atoms with E-state index in [9.17, 15) is 9.59 Å². The highest BCUT2D eigenvalue weighted by molar-refractivity contribution is 6.02. The number of anilines is 1. The topological polar surface area (TPSA) is 80.1 Å². The predicted molar refractivity (Wildman–Crippen MR) is 127 cm³/mol. The molecule has 170 valence electrons. The van der Waals surface area contributed by atoms with Crippen molar-refractivity contribution in [2.24, 2.45) is 0 Å². The molecule has 0 aliphatic carbocycles. The number of hydrogen-bond acceptors (Lipinski definition) is 4. The van der Waals surface area contributed by atoms with Crippen molar-refractivity contribution >= 4 is 17.5 Å². The van der Waals surface area contributed by atoms with Gasteiger partial charge in [0.2, 0.25) is 5.91 Å². The summed E-state index contributed by atoms with van der Waals surface area (Å²) in [5.74, 6) is 1.65. The summed E-state index contributed by atoms with van der Waals surface area (Å²) in [5, 5.41) is 12.0. The average molecular weight is 444 g/mol. The molecular formula is C26H29N5O2. The molecule has 1 aromatic heterocycles. The summed E-state index contributed by atoms with van der Waals surface area (Å²) < 4.78 is 2.21. The first-order chi connectivity index (χ1) is 16.1. The molecule has 2 aliphatic rings. The van der Waals surface area contributed by atoms with Gasteiger partial charge < -0.3 is 14.8 Å². The van der Waals surface area contributed by atoms with Crippen molar-refractivity contribution < 1.29 is 9.59 Å². The SMILES string of the molecule is Cc1ccc(-c2nnc3n2CCCCC3)cc1NC(=O)[C@H]1CCCN1C(=O)c1ccccc1. The minimum atomic E-state index is -0.467. The number of rotatable bonds is 4. The van der Waals surface area contributed by atoms with Gasteiger partial charge in [0.05, 0.1) is 0 Å². The van der Waals surface area contributed by atoms with E-state index >= 15 is 0 Å². The number of carbonyl (C=O) groups excluding carboxylic acids is 2. The molecule has 3 heterocycles. The van der Waals surface area contributed by atoms with E-state index in [1.54, 1.807) is 17.0 Å². The summed E-state index contributed by atoms with van der Waals surface area (Å²) in [6.45, 7) is 3.49. The van der Waals surface area contributed by atoms with Crippen molar-refractivity contribution in [3.63, 3.8) is 0 Å². The fourth-order valence-corrected chi connectivity index (χ4v) is 4.84. The Morgan fingerprint density at radius 2 is 1.82 bits per heavy atom. The highest BCUT2D eigenvalue weighted by Gasteiger charge is 2.34. The average Bonchev–Trinajstić information content (AvgIpc) is 3.42. The molecule has 7 heteroatoms. The van der Waals surface area contributed by atoms with Gasteiger partial charge >= 0.3 is 0 Å². The highest BCUT2D eigenvalue weighted by Crippen LogP contribution is 2.28. The lowest BCUT2D eigenvalue weighted by molar-refractivity contribution is -0.119. The Morgan fingerprint density at radius 1 is 0.970 bits per heavy atom. The number of likely N-dealkylation sites (tertiary alicyclic amines) is 1. The van der Waals surface area contributed by atoms with Gasteiger partial charge in [0.25, 0.3) is 5.91 Å². The summed E-state index contributed by atoms with van der Waals surface area (Å²) in [6, 6.07) is 14.7. The number of aryl methyl sites for hydroxylation is 2. The molecule has 0 saturated carbocycles. The number of benzene rings is 2. The lowest BCUT2D eigenvalue weighted by Crippen LogP contribution is -2.43. The van der Waals surface area contributed by atoms with Gasteiger partial charge in [-0.2, -0.15) is 0 Å². The van der Waals surface area contributed by atoms with E-state index in [4.69, 9.17) is 0 Å². The second-order valence-corrected chi connectivity index (χ2v) is 8.94. The normalized spacial score (nSPS) is 18.0. The summed E-state index contributed by atoms with van der Waals surface area (Å²) in [7, 11) is 0. The third-order valence-corrected chi connectivity index (χ3v) is 6.70. The molecule has 33 heavy (non-hydrogen) atoms. The third kappa shape index (κ3) is 4.27. The van der Waals surface area contributed by atoms with Crippen LogP contribution in [-0.4, -0.2) is 44.1 Å². The standard InChI is InChI=1S/C26H29N5O2/c1-18-13-14-20(24-29-28-23-12-6-3-7-15-31(23)24)17-21(18)27-25(32)22-11-8-16-30(22)26(33)19-9-4-2-5-10-19/h2,4-5,9-10,13-14,17,22H,3,6-8,11-12,15-16H2,1H3,(H,27,32)/t22-/m1/s1. The molecule has 2 aliphatic heterocycles. The lowest BCUT2D eigenvalue weighted by atomic mass is 10.1. The Morgan fingerprint density at radius 3 is 2.67 bits per heavy atom. The van der Waals surface area contributed by atoms with Crippen LogP contribution in [0.5, 0.6) is 0 Å². The number of nitrogens with zero attached hydrogens (tertiary/aromatic N) is 4. The fourth-order valence-electron chi connectivity index (χ4n) is 4.84. The molecule has 5 rings (SSSR count). The minimum absolute atomic E-state index is 0.0927. The van der Waals surface area contributed by atoms with Crippen molar-refractivity contribution in [1.82, 2.24) is 19.7 Å². The number of carbonyl (C=O) groups is 2. The summed E-state index contributed by atoms with van der Waals surface area (Å²) in [5.41, 5.74) is 3.28. The van der Waals surface area contributed by atoms with Crippen LogP contribution in [0.25, 0.3) is 11.4 Å². The van der Waals surface area contributed by atoms with E-state index in [1.165, 1.54) is 6.42 Å². The molecule has 0 radical (unpaired) electrons. The summed E-state index contributed by atoms with van der Waals surface area (Å²) >= 11 is 0. The quantitative estimate of drug-likeness (QED) is 0.655. The molecule has 0 unspecified atom stereocenters. The van der Waals surface area contributed by atoms with Crippen LogP contribution in [0.4, 0.5) is 5.69 Å². The predicted octanol–water partition coefficient (Wildman–Crippen LogP) is 4.22. The van der Waals surface area contributed by atoms with Gasteiger partial charge in [-0.15, -0.1) is 10.2 Å². The largest absolute Gasteiger partial charge is 0.327 e. The molecule has 0 bridgehead atoms. The molecule has 3 aromatic rings. The minimum Gasteiger partial charge on any atom is -0.327 e. The molecule has 0 spiro atoms. The Labute approximate surface area is 193 Å². The first kappa shape index (κ1) is 21.4. The second kappa shape index (κ2) is 9.17. The van der Waals surface area contributed by atoms with Crippen molar-refractivity contribution in [1.29, 1.82) is 0 Å². The van der Waals surface area contributed by atoms with Crippen LogP contribution >= 0.6 is 0 Å². The zero-order valence-electron chi connectivity index (χ0n) is 19.0. The number of fused-ring (bicyclic) bond motifs is 1. The van der Waals surface area contributed by atoms with E-state index in [1.807, 2.05) is 43.3 Å². The summed E-state index contributed by atoms with van der Waals surface area (Å²) in [6.07, 6.45) is 5.92. The van der Waals surface area contributed by atoms with Crippen LogP contribution in [0, 0.1) is 6.92 Å². The van der Waals surface area contributed by atoms with Gasteiger partial charge in [-0.05, 0) is 56.4 Å². The van der Waals surface area contributed by atoms with E-state index in [0.29, 0.717) is 18.5 Å². The molecule has 2 aromatic carbocycles. The van der Waals surface area contributed by atoms with E-state index in [0.717, 1.165) is 60.7 Å². The van der Waals surface area contributed by atoms with Crippen LogP contribution in [0.2, 0.25) is 0 Å². The zero-order valence-corrected chi connectivity index (χ0v) is 19.0. The van der Waals surface area contributed by atoms with Gasteiger partial charge in [-0.3, -0.25) is 9.59 Å². The van der Waals surface area contributed by atoms with Gasteiger partial charge in [0, 0.05) is 36.3 Å². The number of nitrogens with one attached hydrogen (secondary N) is 1. The van der Waals surface area contributed by atoms with Crippen LogP contribution < -0.4 is 5.32 Å². The van der Waals surface area contributed by atoms with Crippen LogP contribution in [0.1, 0.15) is 53.8 Å². The number of amides is 2. The van der Waals surface area contributed by atoms with Crippen LogP contribution in [-0.2, 0) is 17.8 Å². The molecule has 7 nitrogen and oxygen atoms in total. The Hall–Kier alpha value is -3.48. The monoisotopic (exact) mass is 443 g/mol. The lowest BCUT2D eigenvalue weighted by Gasteiger charge is -2.24. The number of aromatic nitrogens is 3. The molecule has 1 N–H and O–H groups in total. The Balaban J connectivity index is 1.37. The molecule has 2 amide bonds.